The van der Waals surface area contributed by atoms with Gasteiger partial charge in [0.1, 0.15) is 16.9 Å². The van der Waals surface area contributed by atoms with Gasteiger partial charge in [-0.05, 0) is 36.8 Å². The Morgan fingerprint density at radius 3 is 2.61 bits per heavy atom. The molecule has 0 radical (unpaired) electrons. The van der Waals surface area contributed by atoms with E-state index >= 15 is 0 Å². The van der Waals surface area contributed by atoms with E-state index in [-0.39, 0.29) is 24.2 Å². The molecule has 2 aromatic carbocycles. The van der Waals surface area contributed by atoms with Crippen molar-refractivity contribution in [2.45, 2.75) is 30.6 Å². The minimum absolute atomic E-state index is 0.0468. The number of aliphatic imine (C=N–C) groups is 1. The van der Waals surface area contributed by atoms with Gasteiger partial charge in [0, 0.05) is 40.6 Å². The summed E-state index contributed by atoms with van der Waals surface area (Å²) < 4.78 is 27.5. The number of aromatic nitrogens is 1. The Hall–Kier alpha value is -3.41. The molecule has 1 fully saturated rings. The van der Waals surface area contributed by atoms with E-state index in [1.807, 2.05) is 31.2 Å². The fourth-order valence-corrected chi connectivity index (χ4v) is 6.00. The SMILES string of the molecule is CC1CN=C(c2ccc(CN3C(=O)CN(S(=O)(=O)c4cc5cc(Cl)ccc5[nH]4)C[C@@H]3C(=O)O)cc2)N1. The number of halogens is 1. The number of amides is 1. The summed E-state index contributed by atoms with van der Waals surface area (Å²) in [4.78, 5) is 33.6. The number of H-pyrrole nitrogens is 1. The van der Waals surface area contributed by atoms with Gasteiger partial charge in [0.15, 0.2) is 0 Å². The van der Waals surface area contributed by atoms with E-state index in [1.165, 1.54) is 11.0 Å². The predicted octanol–water partition coefficient (Wildman–Crippen LogP) is 2.05. The molecule has 1 aromatic heterocycles. The van der Waals surface area contributed by atoms with E-state index in [1.54, 1.807) is 18.2 Å². The summed E-state index contributed by atoms with van der Waals surface area (Å²) in [6, 6.07) is 12.6. The fourth-order valence-electron chi connectivity index (χ4n) is 4.41. The molecule has 2 aliphatic heterocycles. The van der Waals surface area contributed by atoms with Crippen molar-refractivity contribution in [2.24, 2.45) is 4.99 Å². The molecule has 36 heavy (non-hydrogen) atoms. The number of hydrogen-bond acceptors (Lipinski definition) is 6. The summed E-state index contributed by atoms with van der Waals surface area (Å²) in [6.07, 6.45) is 0. The van der Waals surface area contributed by atoms with Gasteiger partial charge in [-0.2, -0.15) is 4.31 Å². The zero-order chi connectivity index (χ0) is 25.6. The molecular weight excluding hydrogens is 506 g/mol. The van der Waals surface area contributed by atoms with Crippen LogP contribution in [0.5, 0.6) is 0 Å². The van der Waals surface area contributed by atoms with Crippen LogP contribution >= 0.6 is 11.6 Å². The lowest BCUT2D eigenvalue weighted by molar-refractivity contribution is -0.154. The number of carbonyl (C=O) groups is 2. The molecule has 0 aliphatic carbocycles. The highest BCUT2D eigenvalue weighted by atomic mass is 35.5. The Labute approximate surface area is 212 Å². The molecule has 1 amide bonds. The van der Waals surface area contributed by atoms with Crippen molar-refractivity contribution in [3.63, 3.8) is 0 Å². The number of benzene rings is 2. The van der Waals surface area contributed by atoms with Crippen LogP contribution in [0.15, 0.2) is 58.5 Å². The Kier molecular flexibility index (Phi) is 6.23. The van der Waals surface area contributed by atoms with E-state index in [2.05, 4.69) is 15.3 Å². The second-order valence-corrected chi connectivity index (χ2v) is 11.3. The van der Waals surface area contributed by atoms with Crippen LogP contribution in [0.25, 0.3) is 10.9 Å². The van der Waals surface area contributed by atoms with Crippen molar-refractivity contribution in [3.8, 4) is 0 Å². The van der Waals surface area contributed by atoms with Gasteiger partial charge in [-0.1, -0.05) is 35.9 Å². The average molecular weight is 530 g/mol. The lowest BCUT2D eigenvalue weighted by Crippen LogP contribution is -2.60. The number of aliphatic carboxylic acids is 1. The van der Waals surface area contributed by atoms with Crippen LogP contribution in [0.4, 0.5) is 0 Å². The van der Waals surface area contributed by atoms with Crippen LogP contribution < -0.4 is 5.32 Å². The van der Waals surface area contributed by atoms with Crippen molar-refractivity contribution in [1.82, 2.24) is 19.5 Å². The van der Waals surface area contributed by atoms with Crippen molar-refractivity contribution >= 4 is 50.2 Å². The first-order valence-corrected chi connectivity index (χ1v) is 13.1. The number of amidine groups is 1. The third kappa shape index (κ3) is 4.57. The number of carbonyl (C=O) groups excluding carboxylic acids is 1. The zero-order valence-electron chi connectivity index (χ0n) is 19.3. The van der Waals surface area contributed by atoms with Crippen LogP contribution in [-0.2, 0) is 26.2 Å². The molecule has 3 aromatic rings. The predicted molar refractivity (Wildman–Crippen MR) is 134 cm³/mol. The van der Waals surface area contributed by atoms with Crippen LogP contribution in [0, 0.1) is 0 Å². The Bertz CT molecular complexity index is 1480. The van der Waals surface area contributed by atoms with Crippen LogP contribution in [0.2, 0.25) is 5.02 Å². The topological polar surface area (TPSA) is 135 Å². The maximum absolute atomic E-state index is 13.3. The van der Waals surface area contributed by atoms with E-state index in [9.17, 15) is 23.1 Å². The van der Waals surface area contributed by atoms with Crippen molar-refractivity contribution < 1.29 is 23.1 Å². The average Bonchev–Trinajstić information content (AvgIpc) is 3.46. The molecule has 2 aliphatic rings. The maximum Gasteiger partial charge on any atom is 0.327 e. The number of rotatable bonds is 6. The van der Waals surface area contributed by atoms with Crippen LogP contribution in [0.1, 0.15) is 18.1 Å². The fraction of sp³-hybridized carbons (Fsp3) is 0.292. The summed E-state index contributed by atoms with van der Waals surface area (Å²) in [5, 5.41) is 14.1. The van der Waals surface area contributed by atoms with Crippen LogP contribution in [0.3, 0.4) is 0 Å². The quantitative estimate of drug-likeness (QED) is 0.447. The second kappa shape index (κ2) is 9.23. The number of nitrogens with one attached hydrogen (secondary N) is 2. The first-order chi connectivity index (χ1) is 17.1. The number of hydrogen-bond donors (Lipinski definition) is 3. The van der Waals surface area contributed by atoms with Gasteiger partial charge in [-0.15, -0.1) is 0 Å². The van der Waals surface area contributed by atoms with Gasteiger partial charge in [0.25, 0.3) is 10.0 Å². The summed E-state index contributed by atoms with van der Waals surface area (Å²) in [6.45, 7) is 1.96. The smallest absolute Gasteiger partial charge is 0.327 e. The van der Waals surface area contributed by atoms with E-state index in [0.29, 0.717) is 22.5 Å². The molecule has 2 atom stereocenters. The molecular formula is C24H24ClN5O5S. The first-order valence-electron chi connectivity index (χ1n) is 11.3. The molecule has 1 saturated heterocycles. The molecule has 10 nitrogen and oxygen atoms in total. The number of nitrogens with zero attached hydrogens (tertiary/aromatic N) is 3. The summed E-state index contributed by atoms with van der Waals surface area (Å²) in [5.74, 6) is -1.07. The molecule has 0 spiro atoms. The van der Waals surface area contributed by atoms with Crippen molar-refractivity contribution in [1.29, 1.82) is 0 Å². The number of aromatic amines is 1. The molecule has 0 bridgehead atoms. The van der Waals surface area contributed by atoms with E-state index < -0.39 is 34.5 Å². The molecule has 3 N–H and O–H groups in total. The molecule has 3 heterocycles. The van der Waals surface area contributed by atoms with E-state index in [4.69, 9.17) is 11.6 Å². The minimum atomic E-state index is -4.15. The summed E-state index contributed by atoms with van der Waals surface area (Å²) in [7, 11) is -4.15. The number of sulfonamides is 1. The van der Waals surface area contributed by atoms with Gasteiger partial charge in [0.05, 0.1) is 13.1 Å². The Morgan fingerprint density at radius 2 is 1.94 bits per heavy atom. The molecule has 12 heteroatoms. The Morgan fingerprint density at radius 1 is 1.19 bits per heavy atom. The normalized spacial score (nSPS) is 21.0. The molecule has 1 unspecified atom stereocenters. The Balaban J connectivity index is 1.35. The zero-order valence-corrected chi connectivity index (χ0v) is 20.9. The van der Waals surface area contributed by atoms with E-state index in [0.717, 1.165) is 21.3 Å². The van der Waals surface area contributed by atoms with Crippen molar-refractivity contribution in [3.05, 3.63) is 64.7 Å². The summed E-state index contributed by atoms with van der Waals surface area (Å²) in [5.41, 5.74) is 2.20. The highest BCUT2D eigenvalue weighted by Gasteiger charge is 2.42. The molecule has 5 rings (SSSR count). The summed E-state index contributed by atoms with van der Waals surface area (Å²) >= 11 is 6.00. The number of carboxylic acid groups (broad SMARTS) is 1. The van der Waals surface area contributed by atoms with Gasteiger partial charge >= 0.3 is 5.97 Å². The van der Waals surface area contributed by atoms with Crippen LogP contribution in [-0.4, -0.2) is 77.1 Å². The molecule has 188 valence electrons. The largest absolute Gasteiger partial charge is 0.480 e. The third-order valence-corrected chi connectivity index (χ3v) is 8.30. The minimum Gasteiger partial charge on any atom is -0.480 e. The highest BCUT2D eigenvalue weighted by Crippen LogP contribution is 2.27. The first kappa shape index (κ1) is 24.3. The lowest BCUT2D eigenvalue weighted by atomic mass is 10.1. The lowest BCUT2D eigenvalue weighted by Gasteiger charge is -2.38. The number of piperazine rings is 1. The molecule has 0 saturated carbocycles. The second-order valence-electron chi connectivity index (χ2n) is 8.97. The highest BCUT2D eigenvalue weighted by molar-refractivity contribution is 7.89. The number of fused-ring (bicyclic) bond motifs is 1. The monoisotopic (exact) mass is 529 g/mol. The van der Waals surface area contributed by atoms with Crippen molar-refractivity contribution in [2.75, 3.05) is 19.6 Å². The van der Waals surface area contributed by atoms with Gasteiger partial charge < -0.3 is 20.3 Å². The van der Waals surface area contributed by atoms with Gasteiger partial charge in [0.2, 0.25) is 5.91 Å². The van der Waals surface area contributed by atoms with Gasteiger partial charge in [-0.25, -0.2) is 13.2 Å². The number of carboxylic acids is 1. The third-order valence-electron chi connectivity index (χ3n) is 6.33. The maximum atomic E-state index is 13.3. The van der Waals surface area contributed by atoms with Gasteiger partial charge in [-0.3, -0.25) is 9.79 Å². The standard InChI is InChI=1S/C24H24ClN5O5S/c1-14-10-26-23(27-14)16-4-2-15(3-5-16)11-30-20(24(32)33)12-29(13-22(30)31)36(34,35)21-9-17-8-18(25)6-7-19(17)28-21/h2-9,14,20,28H,10-13H2,1H3,(H,26,27)(H,32,33)/t14?,20-/m1/s1.